The van der Waals surface area contributed by atoms with Crippen LogP contribution in [0.2, 0.25) is 0 Å². The molecule has 1 aliphatic heterocycles. The van der Waals surface area contributed by atoms with Gasteiger partial charge in [0.15, 0.2) is 0 Å². The Bertz CT molecular complexity index is 3020. The number of anilines is 3. The van der Waals surface area contributed by atoms with Crippen LogP contribution in [0.15, 0.2) is 200 Å². The van der Waals surface area contributed by atoms with Crippen LogP contribution >= 0.6 is 0 Å². The predicted octanol–water partition coefficient (Wildman–Crippen LogP) is 15.4. The van der Waals surface area contributed by atoms with E-state index in [1.807, 2.05) is 0 Å². The van der Waals surface area contributed by atoms with E-state index in [2.05, 4.69) is 219 Å². The molecule has 9 aromatic carbocycles. The molecule has 0 N–H and O–H groups in total. The van der Waals surface area contributed by atoms with Gasteiger partial charge in [-0.2, -0.15) is 0 Å². The van der Waals surface area contributed by atoms with Gasteiger partial charge in [-0.1, -0.05) is 153 Å². The predicted molar refractivity (Wildman–Crippen MR) is 238 cm³/mol. The summed E-state index contributed by atoms with van der Waals surface area (Å²) in [6.45, 7) is 4.71. The smallest absolute Gasteiger partial charge is 0.137 e. The summed E-state index contributed by atoms with van der Waals surface area (Å²) in [5.41, 5.74) is 17.4. The summed E-state index contributed by atoms with van der Waals surface area (Å²) in [5.74, 6) is 1.67. The monoisotopic (exact) mass is 729 g/mol. The van der Waals surface area contributed by atoms with Crippen LogP contribution in [0, 0.1) is 0 Å². The molecule has 1 aliphatic carbocycles. The zero-order valence-corrected chi connectivity index (χ0v) is 31.9. The first-order chi connectivity index (χ1) is 28.0. The molecule has 0 bridgehead atoms. The summed E-state index contributed by atoms with van der Waals surface area (Å²) >= 11 is 0. The van der Waals surface area contributed by atoms with Crippen molar-refractivity contribution in [2.75, 3.05) is 4.90 Å². The van der Waals surface area contributed by atoms with E-state index in [-0.39, 0.29) is 5.41 Å². The minimum Gasteiger partial charge on any atom is -0.456 e. The van der Waals surface area contributed by atoms with Crippen LogP contribution in [0.25, 0.3) is 66.4 Å². The molecule has 2 nitrogen and oxygen atoms in total. The molecule has 1 heterocycles. The standard InChI is InChI=1S/C55H39NO/c1-55(2)49-24-12-11-23-44(49)45-30-28-43(35-50(45)55)56(42-22-13-21-38(31-42)36-15-5-3-6-16-36)51-25-14-26-52-54(51)48-33-40-20-10-9-19-39(40)32-47(48)46-29-27-41(34-53(46)57-52)37-17-7-4-8-18-37/h3-35H,1-2H3. The lowest BCUT2D eigenvalue weighted by molar-refractivity contribution is 0.488. The Kier molecular flexibility index (Phi) is 7.55. The lowest BCUT2D eigenvalue weighted by Gasteiger charge is -2.30. The normalized spacial score (nSPS) is 13.0. The first kappa shape index (κ1) is 33.2. The van der Waals surface area contributed by atoms with Crippen molar-refractivity contribution in [3.8, 4) is 67.1 Å². The maximum atomic E-state index is 7.15. The molecule has 0 saturated heterocycles. The molecule has 2 heteroatoms. The topological polar surface area (TPSA) is 12.5 Å². The SMILES string of the molecule is CC1(C)c2ccccc2-c2ccc(N(c3cccc(-c4ccccc4)c3)c3cccc4c3-c3cc5ccccc5cc3-c3ccc(-c5ccccc5)cc3O4)cc21. The Morgan fingerprint density at radius 2 is 0.965 bits per heavy atom. The van der Waals surface area contributed by atoms with Crippen molar-refractivity contribution in [2.24, 2.45) is 0 Å². The van der Waals surface area contributed by atoms with Gasteiger partial charge < -0.3 is 9.64 Å². The minimum absolute atomic E-state index is 0.153. The molecule has 270 valence electrons. The average Bonchev–Trinajstić information content (AvgIpc) is 3.39. The highest BCUT2D eigenvalue weighted by Crippen LogP contribution is 2.55. The summed E-state index contributed by atoms with van der Waals surface area (Å²) in [6.07, 6.45) is 0. The van der Waals surface area contributed by atoms with Crippen LogP contribution in [-0.4, -0.2) is 0 Å². The molecule has 57 heavy (non-hydrogen) atoms. The van der Waals surface area contributed by atoms with E-state index >= 15 is 0 Å². The first-order valence-corrected chi connectivity index (χ1v) is 19.8. The average molecular weight is 730 g/mol. The molecule has 0 amide bonds. The van der Waals surface area contributed by atoms with Crippen LogP contribution < -0.4 is 9.64 Å². The lowest BCUT2D eigenvalue weighted by Crippen LogP contribution is -2.17. The zero-order chi connectivity index (χ0) is 38.1. The maximum absolute atomic E-state index is 7.15. The molecule has 0 atom stereocenters. The van der Waals surface area contributed by atoms with Crippen LogP contribution in [0.1, 0.15) is 25.0 Å². The highest BCUT2D eigenvalue weighted by Gasteiger charge is 2.36. The van der Waals surface area contributed by atoms with Gasteiger partial charge in [0.2, 0.25) is 0 Å². The Morgan fingerprint density at radius 1 is 0.368 bits per heavy atom. The largest absolute Gasteiger partial charge is 0.456 e. The molecule has 0 spiro atoms. The Hall–Kier alpha value is -7.16. The number of hydrogen-bond acceptors (Lipinski definition) is 2. The van der Waals surface area contributed by atoms with Gasteiger partial charge in [-0.25, -0.2) is 0 Å². The van der Waals surface area contributed by atoms with Crippen molar-refractivity contribution in [1.29, 1.82) is 0 Å². The minimum atomic E-state index is -0.153. The van der Waals surface area contributed by atoms with Crippen LogP contribution in [0.3, 0.4) is 0 Å². The van der Waals surface area contributed by atoms with Crippen molar-refractivity contribution in [3.63, 3.8) is 0 Å². The van der Waals surface area contributed by atoms with E-state index in [1.54, 1.807) is 0 Å². The second kappa shape index (κ2) is 13.0. The van der Waals surface area contributed by atoms with Gasteiger partial charge >= 0.3 is 0 Å². The molecular formula is C55H39NO. The Labute approximate surface area is 333 Å². The summed E-state index contributed by atoms with van der Waals surface area (Å²) in [5, 5.41) is 2.39. The third-order valence-corrected chi connectivity index (χ3v) is 12.0. The Balaban J connectivity index is 1.18. The fraction of sp³-hybridized carbons (Fsp3) is 0.0545. The van der Waals surface area contributed by atoms with Gasteiger partial charge in [-0.3, -0.25) is 0 Å². The molecule has 0 radical (unpaired) electrons. The first-order valence-electron chi connectivity index (χ1n) is 19.8. The highest BCUT2D eigenvalue weighted by atomic mass is 16.5. The molecular weight excluding hydrogens is 691 g/mol. The van der Waals surface area contributed by atoms with Crippen molar-refractivity contribution >= 4 is 27.8 Å². The number of fused-ring (bicyclic) bond motifs is 9. The molecule has 11 rings (SSSR count). The fourth-order valence-electron chi connectivity index (χ4n) is 9.20. The van der Waals surface area contributed by atoms with Gasteiger partial charge in [0.05, 0.1) is 5.69 Å². The summed E-state index contributed by atoms with van der Waals surface area (Å²) in [4.78, 5) is 2.44. The van der Waals surface area contributed by atoms with Crippen molar-refractivity contribution in [3.05, 3.63) is 211 Å². The molecule has 0 fully saturated rings. The quantitative estimate of drug-likeness (QED) is 0.175. The van der Waals surface area contributed by atoms with E-state index in [1.165, 1.54) is 38.6 Å². The molecule has 0 saturated carbocycles. The van der Waals surface area contributed by atoms with E-state index in [4.69, 9.17) is 4.74 Å². The van der Waals surface area contributed by atoms with Gasteiger partial charge in [-0.05, 0) is 127 Å². The lowest BCUT2D eigenvalue weighted by atomic mass is 9.82. The number of hydrogen-bond donors (Lipinski definition) is 0. The molecule has 9 aromatic rings. The van der Waals surface area contributed by atoms with Gasteiger partial charge in [0.1, 0.15) is 11.5 Å². The van der Waals surface area contributed by atoms with E-state index in [0.717, 1.165) is 67.5 Å². The third-order valence-electron chi connectivity index (χ3n) is 12.0. The zero-order valence-electron chi connectivity index (χ0n) is 31.9. The van der Waals surface area contributed by atoms with E-state index in [9.17, 15) is 0 Å². The van der Waals surface area contributed by atoms with E-state index in [0.29, 0.717) is 0 Å². The molecule has 0 unspecified atom stereocenters. The highest BCUT2D eigenvalue weighted by molar-refractivity contribution is 6.04. The number of benzene rings is 9. The Morgan fingerprint density at radius 3 is 1.74 bits per heavy atom. The van der Waals surface area contributed by atoms with Crippen LogP contribution in [-0.2, 0) is 5.41 Å². The molecule has 2 aliphatic rings. The summed E-state index contributed by atoms with van der Waals surface area (Å²) in [7, 11) is 0. The maximum Gasteiger partial charge on any atom is 0.137 e. The third kappa shape index (κ3) is 5.40. The number of nitrogens with zero attached hydrogens (tertiary/aromatic N) is 1. The second-order valence-corrected chi connectivity index (χ2v) is 15.7. The van der Waals surface area contributed by atoms with Crippen molar-refractivity contribution in [2.45, 2.75) is 19.3 Å². The van der Waals surface area contributed by atoms with E-state index < -0.39 is 0 Å². The van der Waals surface area contributed by atoms with Crippen LogP contribution in [0.5, 0.6) is 11.5 Å². The summed E-state index contributed by atoms with van der Waals surface area (Å²) in [6, 6.07) is 72.6. The van der Waals surface area contributed by atoms with Gasteiger partial charge in [0.25, 0.3) is 0 Å². The fourth-order valence-corrected chi connectivity index (χ4v) is 9.20. The van der Waals surface area contributed by atoms with Gasteiger partial charge in [-0.15, -0.1) is 0 Å². The molecule has 0 aromatic heterocycles. The van der Waals surface area contributed by atoms with Crippen molar-refractivity contribution in [1.82, 2.24) is 0 Å². The van der Waals surface area contributed by atoms with Crippen molar-refractivity contribution < 1.29 is 4.74 Å². The second-order valence-electron chi connectivity index (χ2n) is 15.7. The van der Waals surface area contributed by atoms with Crippen LogP contribution in [0.4, 0.5) is 17.1 Å². The van der Waals surface area contributed by atoms with Gasteiger partial charge in [0, 0.05) is 27.9 Å². The number of rotatable bonds is 5. The summed E-state index contributed by atoms with van der Waals surface area (Å²) < 4.78 is 7.15. The number of ether oxygens (including phenoxy) is 1.